The molecule has 31 heavy (non-hydrogen) atoms. The van der Waals surface area contributed by atoms with Gasteiger partial charge in [0.25, 0.3) is 17.6 Å². The van der Waals surface area contributed by atoms with Gasteiger partial charge in [-0.15, -0.1) is 0 Å². The van der Waals surface area contributed by atoms with Crippen LogP contribution in [0.2, 0.25) is 0 Å². The molecule has 0 bridgehead atoms. The molecule has 0 saturated heterocycles. The van der Waals surface area contributed by atoms with E-state index in [2.05, 4.69) is 26.0 Å². The Kier molecular flexibility index (Phi) is 4.82. The lowest BCUT2D eigenvalue weighted by Gasteiger charge is -2.13. The molecule has 1 fully saturated rings. The minimum Gasteiger partial charge on any atom is -0.346 e. The highest BCUT2D eigenvalue weighted by molar-refractivity contribution is 6.43. The molecule has 2 amide bonds. The van der Waals surface area contributed by atoms with Crippen molar-refractivity contribution in [1.29, 1.82) is 5.26 Å². The number of hydrogen-bond acceptors (Lipinski definition) is 6. The van der Waals surface area contributed by atoms with Crippen LogP contribution < -0.4 is 10.6 Å². The number of rotatable bonds is 6. The van der Waals surface area contributed by atoms with Crippen molar-refractivity contribution in [1.82, 2.24) is 25.3 Å². The van der Waals surface area contributed by atoms with Crippen LogP contribution >= 0.6 is 0 Å². The van der Waals surface area contributed by atoms with Crippen molar-refractivity contribution in [2.24, 2.45) is 7.05 Å². The average molecular weight is 421 g/mol. The minimum atomic E-state index is -0.810. The molecule has 1 aliphatic carbocycles. The molecule has 2 heterocycles. The summed E-state index contributed by atoms with van der Waals surface area (Å²) in [4.78, 5) is 37.7. The number of anilines is 1. The van der Waals surface area contributed by atoms with E-state index in [9.17, 15) is 18.8 Å². The zero-order chi connectivity index (χ0) is 22.2. The standard InChI is InChI=1S/C20H16FN7O3/c1-28-10-12(17(29)19(31)25-20(4-5-20)16-9-23-27-26-16)7-15(28)18(30)24-13-2-3-14(21)11(6-13)8-22/h2-3,6-7,9-10H,4-5H2,1H3,(H,24,30)(H,25,31)(H,23,26,27). The van der Waals surface area contributed by atoms with Crippen molar-refractivity contribution in [2.75, 3.05) is 5.32 Å². The van der Waals surface area contributed by atoms with Gasteiger partial charge >= 0.3 is 0 Å². The van der Waals surface area contributed by atoms with Crippen LogP contribution in [-0.2, 0) is 17.4 Å². The van der Waals surface area contributed by atoms with E-state index in [4.69, 9.17) is 5.26 Å². The molecule has 11 heteroatoms. The first-order valence-electron chi connectivity index (χ1n) is 9.23. The van der Waals surface area contributed by atoms with Crippen LogP contribution in [0.25, 0.3) is 0 Å². The van der Waals surface area contributed by atoms with Crippen molar-refractivity contribution in [3.8, 4) is 6.07 Å². The van der Waals surface area contributed by atoms with Crippen molar-refractivity contribution in [3.63, 3.8) is 0 Å². The fourth-order valence-corrected chi connectivity index (χ4v) is 3.21. The Balaban J connectivity index is 1.48. The summed E-state index contributed by atoms with van der Waals surface area (Å²) < 4.78 is 14.8. The predicted octanol–water partition coefficient (Wildman–Crippen LogP) is 1.39. The summed E-state index contributed by atoms with van der Waals surface area (Å²) in [6.07, 6.45) is 4.15. The highest BCUT2D eigenvalue weighted by Gasteiger charge is 2.48. The zero-order valence-corrected chi connectivity index (χ0v) is 16.3. The molecule has 0 radical (unpaired) electrons. The summed E-state index contributed by atoms with van der Waals surface area (Å²) in [5.41, 5.74) is 0.0132. The molecule has 0 unspecified atom stereocenters. The normalized spacial score (nSPS) is 13.8. The van der Waals surface area contributed by atoms with Crippen molar-refractivity contribution >= 4 is 23.3 Å². The largest absolute Gasteiger partial charge is 0.346 e. The van der Waals surface area contributed by atoms with E-state index in [-0.39, 0.29) is 22.5 Å². The Morgan fingerprint density at radius 1 is 1.29 bits per heavy atom. The number of aryl methyl sites for hydroxylation is 1. The summed E-state index contributed by atoms with van der Waals surface area (Å²) in [6, 6.07) is 6.58. The number of carbonyl (C=O) groups is 3. The molecule has 1 aliphatic rings. The van der Waals surface area contributed by atoms with E-state index < -0.39 is 29.0 Å². The average Bonchev–Trinajstić information content (AvgIpc) is 3.16. The lowest BCUT2D eigenvalue weighted by Crippen LogP contribution is -2.39. The number of H-pyrrole nitrogens is 1. The van der Waals surface area contributed by atoms with Gasteiger partial charge in [0.1, 0.15) is 23.3 Å². The van der Waals surface area contributed by atoms with Crippen LogP contribution in [0.5, 0.6) is 0 Å². The Morgan fingerprint density at radius 2 is 2.06 bits per heavy atom. The Hall–Kier alpha value is -4.33. The summed E-state index contributed by atoms with van der Waals surface area (Å²) in [7, 11) is 1.55. The molecule has 3 N–H and O–H groups in total. The molecule has 1 saturated carbocycles. The maximum Gasteiger partial charge on any atom is 0.293 e. The fourth-order valence-electron chi connectivity index (χ4n) is 3.21. The van der Waals surface area contributed by atoms with E-state index in [1.807, 2.05) is 0 Å². The van der Waals surface area contributed by atoms with E-state index in [1.165, 1.54) is 35.2 Å². The Labute approximate surface area is 175 Å². The van der Waals surface area contributed by atoms with Gasteiger partial charge in [-0.05, 0) is 37.1 Å². The summed E-state index contributed by atoms with van der Waals surface area (Å²) >= 11 is 0. The second-order valence-corrected chi connectivity index (χ2v) is 7.21. The maximum absolute atomic E-state index is 13.5. The van der Waals surface area contributed by atoms with E-state index in [0.29, 0.717) is 18.5 Å². The number of ketones is 1. The third kappa shape index (κ3) is 3.78. The highest BCUT2D eigenvalue weighted by atomic mass is 19.1. The van der Waals surface area contributed by atoms with E-state index in [0.717, 1.165) is 6.07 Å². The first-order chi connectivity index (χ1) is 14.8. The number of nitriles is 1. The number of hydrogen-bond donors (Lipinski definition) is 3. The Bertz CT molecular complexity index is 1240. The molecule has 2 aromatic heterocycles. The van der Waals surface area contributed by atoms with Crippen LogP contribution in [0, 0.1) is 17.1 Å². The molecule has 10 nitrogen and oxygen atoms in total. The SMILES string of the molecule is Cn1cc(C(=O)C(=O)NC2(c3cn[nH]n3)CC2)cc1C(=O)Nc1ccc(F)c(C#N)c1. The number of Topliss-reactive ketones (excluding diaryl/α,β-unsaturated/α-hetero) is 1. The number of carbonyl (C=O) groups excluding carboxylic acids is 3. The maximum atomic E-state index is 13.5. The van der Waals surface area contributed by atoms with Gasteiger partial charge in [0, 0.05) is 24.5 Å². The lowest BCUT2D eigenvalue weighted by molar-refractivity contribution is -0.118. The van der Waals surface area contributed by atoms with Gasteiger partial charge in [-0.25, -0.2) is 4.39 Å². The number of aromatic amines is 1. The number of nitrogens with one attached hydrogen (secondary N) is 3. The zero-order valence-electron chi connectivity index (χ0n) is 16.3. The van der Waals surface area contributed by atoms with Gasteiger partial charge in [0.15, 0.2) is 0 Å². The topological polar surface area (TPSA) is 146 Å². The van der Waals surface area contributed by atoms with Crippen LogP contribution in [0.15, 0.2) is 36.7 Å². The van der Waals surface area contributed by atoms with Crippen molar-refractivity contribution in [2.45, 2.75) is 18.4 Å². The van der Waals surface area contributed by atoms with Crippen molar-refractivity contribution in [3.05, 3.63) is 65.0 Å². The molecule has 3 aromatic rings. The minimum absolute atomic E-state index is 0.0397. The smallest absolute Gasteiger partial charge is 0.293 e. The lowest BCUT2D eigenvalue weighted by atomic mass is 10.1. The molecule has 1 aromatic carbocycles. The third-order valence-corrected chi connectivity index (χ3v) is 5.06. The van der Waals surface area contributed by atoms with Gasteiger partial charge in [0.2, 0.25) is 0 Å². The van der Waals surface area contributed by atoms with Gasteiger partial charge in [0.05, 0.1) is 17.3 Å². The monoisotopic (exact) mass is 421 g/mol. The quantitative estimate of drug-likeness (QED) is 0.405. The number of amides is 2. The molecule has 0 spiro atoms. The second-order valence-electron chi connectivity index (χ2n) is 7.21. The van der Waals surface area contributed by atoms with E-state index >= 15 is 0 Å². The predicted molar refractivity (Wildman–Crippen MR) is 104 cm³/mol. The van der Waals surface area contributed by atoms with Gasteiger partial charge in [-0.1, -0.05) is 0 Å². The van der Waals surface area contributed by atoms with Crippen LogP contribution in [0.1, 0.15) is 44.9 Å². The highest BCUT2D eigenvalue weighted by Crippen LogP contribution is 2.44. The Morgan fingerprint density at radius 3 is 2.71 bits per heavy atom. The molecule has 0 aliphatic heterocycles. The number of benzene rings is 1. The van der Waals surface area contributed by atoms with Crippen molar-refractivity contribution < 1.29 is 18.8 Å². The number of nitrogens with zero attached hydrogens (tertiary/aromatic N) is 4. The van der Waals surface area contributed by atoms with E-state index in [1.54, 1.807) is 13.1 Å². The van der Waals surface area contributed by atoms with Gasteiger partial charge in [-0.2, -0.15) is 20.7 Å². The first kappa shape index (κ1) is 20.0. The number of aromatic nitrogens is 4. The van der Waals surface area contributed by atoms with Crippen LogP contribution in [0.3, 0.4) is 0 Å². The fraction of sp³-hybridized carbons (Fsp3) is 0.200. The summed E-state index contributed by atoms with van der Waals surface area (Å²) in [5.74, 6) is -2.88. The molecular formula is C20H16FN7O3. The molecule has 4 rings (SSSR count). The molecule has 0 atom stereocenters. The van der Waals surface area contributed by atoms with Crippen LogP contribution in [-0.4, -0.2) is 37.6 Å². The third-order valence-electron chi connectivity index (χ3n) is 5.06. The first-order valence-corrected chi connectivity index (χ1v) is 9.23. The summed E-state index contributed by atoms with van der Waals surface area (Å²) in [6.45, 7) is 0. The number of halogens is 1. The summed E-state index contributed by atoms with van der Waals surface area (Å²) in [5, 5.41) is 24.3. The molecule has 156 valence electrons. The second kappa shape index (κ2) is 7.49. The van der Waals surface area contributed by atoms with Crippen LogP contribution in [0.4, 0.5) is 10.1 Å². The van der Waals surface area contributed by atoms with Gasteiger partial charge in [-0.3, -0.25) is 14.4 Å². The molecular weight excluding hydrogens is 405 g/mol. The van der Waals surface area contributed by atoms with Gasteiger partial charge < -0.3 is 15.2 Å².